The molecule has 0 heterocycles. The van der Waals surface area contributed by atoms with E-state index in [2.05, 4.69) is 31.2 Å². The van der Waals surface area contributed by atoms with Crippen LogP contribution in [0.15, 0.2) is 24.3 Å². The van der Waals surface area contributed by atoms with Crippen molar-refractivity contribution in [3.05, 3.63) is 29.8 Å². The fourth-order valence-corrected chi connectivity index (χ4v) is 1.67. The Morgan fingerprint density at radius 3 is 2.33 bits per heavy atom. The summed E-state index contributed by atoms with van der Waals surface area (Å²) in [5.74, 6) is 0. The van der Waals surface area contributed by atoms with Crippen molar-refractivity contribution < 1.29 is 42.3 Å². The Morgan fingerprint density at radius 1 is 1.33 bits per heavy atom. The average molecular weight is 283 g/mol. The molecule has 0 aliphatic carbocycles. The van der Waals surface area contributed by atoms with Gasteiger partial charge in [0, 0.05) is 0 Å². The van der Waals surface area contributed by atoms with Crippen LogP contribution in [-0.4, -0.2) is 0 Å². The van der Waals surface area contributed by atoms with Crippen LogP contribution in [0.5, 0.6) is 0 Å². The summed E-state index contributed by atoms with van der Waals surface area (Å²) in [6.07, 6.45) is 0. The molecule has 0 radical (unpaired) electrons. The first kappa shape index (κ1) is 9.57. The number of hydrogen-bond acceptors (Lipinski definition) is 0. The van der Waals surface area contributed by atoms with Gasteiger partial charge in [0.15, 0.2) is 0 Å². The average Bonchev–Trinajstić information content (AvgIpc) is 1.64. The first-order valence-electron chi connectivity index (χ1n) is 2.67. The van der Waals surface area contributed by atoms with E-state index >= 15 is 0 Å². The van der Waals surface area contributed by atoms with E-state index in [-0.39, 0.29) is 24.0 Å². The van der Waals surface area contributed by atoms with E-state index < -0.39 is 0 Å². The molecule has 1 aromatic carbocycles. The summed E-state index contributed by atoms with van der Waals surface area (Å²) in [6, 6.07) is 8.61. The monoisotopic (exact) mass is 282 g/mol. The molecular formula is C7H7IZn. The standard InChI is InChI=1S/C7H7.HI.Zn/c1-7-5-3-2-4-6-7;;/h2-3,5-6H,1H3;1H;/q;;+1/p-1. The van der Waals surface area contributed by atoms with Crippen LogP contribution in [0.2, 0.25) is 0 Å². The quantitative estimate of drug-likeness (QED) is 0.388. The molecule has 0 atom stereocenters. The van der Waals surface area contributed by atoms with Gasteiger partial charge >= 0.3 is 59.2 Å². The second kappa shape index (κ2) is 4.40. The minimum absolute atomic E-state index is 0. The molecule has 0 aliphatic rings. The number of hydrogen-bond donors (Lipinski definition) is 0. The van der Waals surface area contributed by atoms with Crippen molar-refractivity contribution in [2.24, 2.45) is 0 Å². The van der Waals surface area contributed by atoms with E-state index in [1.165, 1.54) is 28.0 Å². The summed E-state index contributed by atoms with van der Waals surface area (Å²) in [6.45, 7) is 2.12. The first-order chi connectivity index (χ1) is 3.79. The Bertz CT molecular complexity index is 169. The molecule has 0 nitrogen and oxygen atoms in total. The van der Waals surface area contributed by atoms with Crippen LogP contribution in [0.4, 0.5) is 0 Å². The van der Waals surface area contributed by atoms with E-state index in [1.807, 2.05) is 0 Å². The van der Waals surface area contributed by atoms with Gasteiger partial charge in [-0.2, -0.15) is 0 Å². The van der Waals surface area contributed by atoms with Gasteiger partial charge in [-0.15, -0.1) is 0 Å². The second-order valence-electron chi connectivity index (χ2n) is 1.99. The Balaban J connectivity index is 0.000000640. The topological polar surface area (TPSA) is 0 Å². The zero-order valence-corrected chi connectivity index (χ0v) is 10.5. The molecule has 9 heavy (non-hydrogen) atoms. The fourth-order valence-electron chi connectivity index (χ4n) is 0.712. The molecule has 0 amide bonds. The van der Waals surface area contributed by atoms with Gasteiger partial charge in [0.2, 0.25) is 0 Å². The van der Waals surface area contributed by atoms with Crippen molar-refractivity contribution >= 4 is 4.16 Å². The minimum atomic E-state index is 0. The molecule has 2 heteroatoms. The van der Waals surface area contributed by atoms with Gasteiger partial charge in [-0.3, -0.25) is 0 Å². The number of benzene rings is 1. The number of halogens is 1. The summed E-state index contributed by atoms with van der Waals surface area (Å²) in [5, 5.41) is 0. The number of aryl methyl sites for hydroxylation is 1. The zero-order chi connectivity index (χ0) is 5.98. The van der Waals surface area contributed by atoms with Gasteiger partial charge < -0.3 is 24.0 Å². The van der Waals surface area contributed by atoms with Crippen LogP contribution < -0.4 is 28.1 Å². The maximum atomic E-state index is 2.22. The van der Waals surface area contributed by atoms with Crippen molar-refractivity contribution in [1.82, 2.24) is 0 Å². The van der Waals surface area contributed by atoms with E-state index in [4.69, 9.17) is 0 Å². The van der Waals surface area contributed by atoms with Gasteiger partial charge in [-0.1, -0.05) is 0 Å². The molecule has 0 saturated heterocycles. The van der Waals surface area contributed by atoms with Crippen LogP contribution in [0.25, 0.3) is 0 Å². The molecule has 0 saturated carbocycles. The second-order valence-corrected chi connectivity index (χ2v) is 3.70. The van der Waals surface area contributed by atoms with E-state index in [9.17, 15) is 0 Å². The third kappa shape index (κ3) is 3.31. The molecule has 0 spiro atoms. The molecule has 0 unspecified atom stereocenters. The van der Waals surface area contributed by atoms with E-state index in [0.717, 1.165) is 0 Å². The minimum Gasteiger partial charge on any atom is -1.00 e. The van der Waals surface area contributed by atoms with Gasteiger partial charge in [0.25, 0.3) is 0 Å². The van der Waals surface area contributed by atoms with Crippen LogP contribution in [0.3, 0.4) is 0 Å². The maximum Gasteiger partial charge on any atom is -1.00 e. The summed E-state index contributed by atoms with van der Waals surface area (Å²) < 4.78 is 1.46. The molecule has 44 valence electrons. The van der Waals surface area contributed by atoms with Gasteiger partial charge in [0.1, 0.15) is 0 Å². The summed E-state index contributed by atoms with van der Waals surface area (Å²) in [5.41, 5.74) is 1.37. The van der Waals surface area contributed by atoms with Crippen LogP contribution >= 0.6 is 0 Å². The smallest absolute Gasteiger partial charge is 1.00 e. The fraction of sp³-hybridized carbons (Fsp3) is 0.143. The summed E-state index contributed by atoms with van der Waals surface area (Å²) >= 11 is 1.27. The normalized spacial score (nSPS) is 8.33. The molecule has 0 aliphatic heterocycles. The third-order valence-electron chi connectivity index (χ3n) is 1.08. The van der Waals surface area contributed by atoms with Crippen LogP contribution in [0, 0.1) is 6.92 Å². The Labute approximate surface area is 82.7 Å². The molecule has 0 aromatic heterocycles. The Hall–Kier alpha value is 0.573. The van der Waals surface area contributed by atoms with Crippen LogP contribution in [-0.2, 0) is 18.3 Å². The molecule has 1 aromatic rings. The Kier molecular flexibility index (Phi) is 4.68. The Morgan fingerprint density at radius 2 is 2.00 bits per heavy atom. The largest absolute Gasteiger partial charge is 1.00 e. The maximum absolute atomic E-state index is 2.22. The van der Waals surface area contributed by atoms with Crippen molar-refractivity contribution in [1.29, 1.82) is 0 Å². The SMILES string of the molecule is Cc1ccc[c]([Zn+])c1.[I-]. The van der Waals surface area contributed by atoms with E-state index in [1.54, 1.807) is 0 Å². The van der Waals surface area contributed by atoms with Crippen molar-refractivity contribution in [3.63, 3.8) is 0 Å². The van der Waals surface area contributed by atoms with Gasteiger partial charge in [-0.05, 0) is 0 Å². The first-order valence-corrected chi connectivity index (χ1v) is 4.16. The van der Waals surface area contributed by atoms with Gasteiger partial charge in [0.05, 0.1) is 0 Å². The van der Waals surface area contributed by atoms with Gasteiger partial charge in [-0.25, -0.2) is 0 Å². The van der Waals surface area contributed by atoms with Crippen molar-refractivity contribution in [3.8, 4) is 0 Å². The summed E-state index contributed by atoms with van der Waals surface area (Å²) in [4.78, 5) is 0. The van der Waals surface area contributed by atoms with Crippen molar-refractivity contribution in [2.75, 3.05) is 0 Å². The molecule has 0 fully saturated rings. The predicted octanol–water partition coefficient (Wildman–Crippen LogP) is -1.83. The van der Waals surface area contributed by atoms with Crippen LogP contribution in [0.1, 0.15) is 5.56 Å². The van der Waals surface area contributed by atoms with E-state index in [0.29, 0.717) is 0 Å². The van der Waals surface area contributed by atoms with Crippen molar-refractivity contribution in [2.45, 2.75) is 6.92 Å². The molecular weight excluding hydrogens is 276 g/mol. The zero-order valence-electron chi connectivity index (χ0n) is 5.39. The number of rotatable bonds is 0. The molecule has 0 N–H and O–H groups in total. The summed E-state index contributed by atoms with van der Waals surface area (Å²) in [7, 11) is 0. The predicted molar refractivity (Wildman–Crippen MR) is 30.8 cm³/mol. The molecule has 1 rings (SSSR count). The third-order valence-corrected chi connectivity index (χ3v) is 2.01. The molecule has 0 bridgehead atoms.